The first-order chi connectivity index (χ1) is 12.6. The van der Waals surface area contributed by atoms with E-state index in [1.165, 1.54) is 4.90 Å². The maximum Gasteiger partial charge on any atom is 0.251 e. The summed E-state index contributed by atoms with van der Waals surface area (Å²) in [6.07, 6.45) is 0. The highest BCUT2D eigenvalue weighted by molar-refractivity contribution is 7.99. The van der Waals surface area contributed by atoms with Crippen LogP contribution in [0.5, 0.6) is 0 Å². The minimum Gasteiger partial charge on any atom is -0.350 e. The Morgan fingerprint density at radius 3 is 2.65 bits per heavy atom. The molecule has 0 spiro atoms. The average molecular weight is 379 g/mol. The molecule has 0 saturated carbocycles. The molecule has 2 heterocycles. The third kappa shape index (κ3) is 3.32. The lowest BCUT2D eigenvalue weighted by Gasteiger charge is -2.10. The highest BCUT2D eigenvalue weighted by atomic mass is 32.2. The SMILES string of the molecule is CC(C)NC(=O)c1ccc2c(c1)N=C(c1cccs1)c1ccccc1S2. The van der Waals surface area contributed by atoms with Gasteiger partial charge in [0.15, 0.2) is 0 Å². The van der Waals surface area contributed by atoms with E-state index in [1.807, 2.05) is 50.2 Å². The highest BCUT2D eigenvalue weighted by Crippen LogP contribution is 2.41. The van der Waals surface area contributed by atoms with Crippen LogP contribution in [0.2, 0.25) is 0 Å². The number of nitrogens with one attached hydrogen (secondary N) is 1. The largest absolute Gasteiger partial charge is 0.350 e. The molecule has 0 atom stereocenters. The summed E-state index contributed by atoms with van der Waals surface area (Å²) in [5.74, 6) is -0.0672. The van der Waals surface area contributed by atoms with Gasteiger partial charge in [0, 0.05) is 27.0 Å². The first kappa shape index (κ1) is 17.1. The lowest BCUT2D eigenvalue weighted by atomic mass is 10.1. The molecule has 1 aromatic heterocycles. The number of rotatable bonds is 3. The van der Waals surface area contributed by atoms with Crippen LogP contribution in [-0.4, -0.2) is 17.7 Å². The summed E-state index contributed by atoms with van der Waals surface area (Å²) >= 11 is 3.37. The summed E-state index contributed by atoms with van der Waals surface area (Å²) in [5.41, 5.74) is 3.57. The molecule has 1 N–H and O–H groups in total. The molecular weight excluding hydrogens is 360 g/mol. The Morgan fingerprint density at radius 2 is 1.88 bits per heavy atom. The fraction of sp³-hybridized carbons (Fsp3) is 0.143. The Hall–Kier alpha value is -2.37. The second-order valence-corrected chi connectivity index (χ2v) is 8.38. The van der Waals surface area contributed by atoms with Crippen LogP contribution < -0.4 is 5.32 Å². The van der Waals surface area contributed by atoms with Gasteiger partial charge in [-0.2, -0.15) is 0 Å². The number of hydrogen-bond donors (Lipinski definition) is 1. The molecule has 5 heteroatoms. The molecule has 3 nitrogen and oxygen atoms in total. The molecule has 0 fully saturated rings. The van der Waals surface area contributed by atoms with Gasteiger partial charge in [0.25, 0.3) is 5.91 Å². The predicted octanol–water partition coefficient (Wildman–Crippen LogP) is 5.52. The number of benzene rings is 2. The monoisotopic (exact) mass is 378 g/mol. The van der Waals surface area contributed by atoms with Crippen LogP contribution in [0.25, 0.3) is 0 Å². The average Bonchev–Trinajstić information content (AvgIpc) is 3.09. The third-order valence-corrected chi connectivity index (χ3v) is 6.01. The summed E-state index contributed by atoms with van der Waals surface area (Å²) in [6.45, 7) is 3.92. The molecule has 1 amide bonds. The van der Waals surface area contributed by atoms with Crippen molar-refractivity contribution in [1.29, 1.82) is 0 Å². The van der Waals surface area contributed by atoms with Crippen molar-refractivity contribution in [2.45, 2.75) is 29.7 Å². The maximum absolute atomic E-state index is 12.4. The number of aliphatic imine (C=N–C) groups is 1. The summed E-state index contributed by atoms with van der Waals surface area (Å²) < 4.78 is 0. The van der Waals surface area contributed by atoms with Crippen molar-refractivity contribution < 1.29 is 4.79 Å². The Kier molecular flexibility index (Phi) is 4.66. The lowest BCUT2D eigenvalue weighted by molar-refractivity contribution is 0.0943. The van der Waals surface area contributed by atoms with Crippen LogP contribution >= 0.6 is 23.1 Å². The van der Waals surface area contributed by atoms with E-state index >= 15 is 0 Å². The molecule has 0 saturated heterocycles. The molecule has 0 bridgehead atoms. The molecule has 2 aromatic carbocycles. The van der Waals surface area contributed by atoms with Crippen molar-refractivity contribution >= 4 is 40.4 Å². The van der Waals surface area contributed by atoms with Crippen molar-refractivity contribution in [3.63, 3.8) is 0 Å². The second kappa shape index (κ2) is 7.09. The van der Waals surface area contributed by atoms with E-state index in [2.05, 4.69) is 28.9 Å². The minimum atomic E-state index is -0.0672. The van der Waals surface area contributed by atoms with Gasteiger partial charge in [-0.15, -0.1) is 11.3 Å². The molecule has 3 aromatic rings. The van der Waals surface area contributed by atoms with E-state index in [0.29, 0.717) is 5.56 Å². The zero-order chi connectivity index (χ0) is 18.1. The fourth-order valence-corrected chi connectivity index (χ4v) is 4.56. The van der Waals surface area contributed by atoms with E-state index in [0.717, 1.165) is 26.7 Å². The fourth-order valence-electron chi connectivity index (χ4n) is 2.83. The van der Waals surface area contributed by atoms with Crippen LogP contribution in [0.15, 0.2) is 74.8 Å². The zero-order valence-corrected chi connectivity index (χ0v) is 16.2. The minimum absolute atomic E-state index is 0.0672. The Bertz CT molecular complexity index is 991. The van der Waals surface area contributed by atoms with Gasteiger partial charge in [0.1, 0.15) is 0 Å². The summed E-state index contributed by atoms with van der Waals surface area (Å²) in [6, 6.07) is 18.3. The highest BCUT2D eigenvalue weighted by Gasteiger charge is 2.20. The number of thiophene rings is 1. The number of carbonyl (C=O) groups excluding carboxylic acids is 1. The van der Waals surface area contributed by atoms with E-state index in [4.69, 9.17) is 4.99 Å². The standard InChI is InChI=1S/C21H18N2OS2/c1-13(2)22-21(24)14-9-10-18-16(12-14)23-20(19-8-5-11-25-19)15-6-3-4-7-17(15)26-18/h3-13H,1-2H3,(H,22,24). The normalized spacial score (nSPS) is 12.8. The Balaban J connectivity index is 1.85. The van der Waals surface area contributed by atoms with Gasteiger partial charge in [-0.1, -0.05) is 36.0 Å². The molecule has 130 valence electrons. The first-order valence-electron chi connectivity index (χ1n) is 8.46. The topological polar surface area (TPSA) is 41.5 Å². The maximum atomic E-state index is 12.4. The smallest absolute Gasteiger partial charge is 0.251 e. The van der Waals surface area contributed by atoms with Crippen molar-refractivity contribution in [3.8, 4) is 0 Å². The van der Waals surface area contributed by atoms with Crippen LogP contribution in [0.4, 0.5) is 5.69 Å². The number of amides is 1. The zero-order valence-electron chi connectivity index (χ0n) is 14.5. The number of fused-ring (bicyclic) bond motifs is 2. The number of carbonyl (C=O) groups is 1. The van der Waals surface area contributed by atoms with Crippen LogP contribution in [0.3, 0.4) is 0 Å². The van der Waals surface area contributed by atoms with Crippen molar-refractivity contribution in [1.82, 2.24) is 5.32 Å². The molecule has 0 aliphatic carbocycles. The van der Waals surface area contributed by atoms with Crippen LogP contribution in [0.1, 0.15) is 34.6 Å². The number of hydrogen-bond acceptors (Lipinski definition) is 4. The molecular formula is C21H18N2OS2. The van der Waals surface area contributed by atoms with Crippen LogP contribution in [0, 0.1) is 0 Å². The van der Waals surface area contributed by atoms with E-state index in [9.17, 15) is 4.79 Å². The van der Waals surface area contributed by atoms with Gasteiger partial charge in [0.05, 0.1) is 16.3 Å². The molecule has 4 rings (SSSR count). The van der Waals surface area contributed by atoms with Gasteiger partial charge in [-0.05, 0) is 49.6 Å². The molecule has 26 heavy (non-hydrogen) atoms. The summed E-state index contributed by atoms with van der Waals surface area (Å²) in [4.78, 5) is 20.7. The van der Waals surface area contributed by atoms with Gasteiger partial charge in [-0.25, -0.2) is 4.99 Å². The van der Waals surface area contributed by atoms with Gasteiger partial charge >= 0.3 is 0 Å². The summed E-state index contributed by atoms with van der Waals surface area (Å²) in [7, 11) is 0. The number of nitrogens with zero attached hydrogens (tertiary/aromatic N) is 1. The molecule has 1 aliphatic heterocycles. The van der Waals surface area contributed by atoms with Gasteiger partial charge < -0.3 is 5.32 Å². The molecule has 0 unspecified atom stereocenters. The van der Waals surface area contributed by atoms with E-state index in [1.54, 1.807) is 23.1 Å². The second-order valence-electron chi connectivity index (χ2n) is 6.35. The van der Waals surface area contributed by atoms with Gasteiger partial charge in [0.2, 0.25) is 0 Å². The Labute approximate surface area is 161 Å². The Morgan fingerprint density at radius 1 is 1.04 bits per heavy atom. The predicted molar refractivity (Wildman–Crippen MR) is 109 cm³/mol. The van der Waals surface area contributed by atoms with Crippen molar-refractivity contribution in [3.05, 3.63) is 76.0 Å². The van der Waals surface area contributed by atoms with E-state index in [-0.39, 0.29) is 11.9 Å². The third-order valence-electron chi connectivity index (χ3n) is 3.99. The molecule has 1 aliphatic rings. The summed E-state index contributed by atoms with van der Waals surface area (Å²) in [5, 5.41) is 5.01. The van der Waals surface area contributed by atoms with E-state index < -0.39 is 0 Å². The van der Waals surface area contributed by atoms with Crippen molar-refractivity contribution in [2.24, 2.45) is 4.99 Å². The quantitative estimate of drug-likeness (QED) is 0.510. The molecule has 0 radical (unpaired) electrons. The van der Waals surface area contributed by atoms with Crippen molar-refractivity contribution in [2.75, 3.05) is 0 Å². The lowest BCUT2D eigenvalue weighted by Crippen LogP contribution is -2.29. The van der Waals surface area contributed by atoms with Crippen LogP contribution in [-0.2, 0) is 0 Å². The van der Waals surface area contributed by atoms with Gasteiger partial charge in [-0.3, -0.25) is 4.79 Å². The first-order valence-corrected chi connectivity index (χ1v) is 10.2.